The van der Waals surface area contributed by atoms with E-state index in [2.05, 4.69) is 9.69 Å². The molecule has 8 nitrogen and oxygen atoms in total. The third-order valence-electron chi connectivity index (χ3n) is 5.09. The van der Waals surface area contributed by atoms with E-state index in [0.717, 1.165) is 41.3 Å². The number of anilines is 1. The monoisotopic (exact) mass is 470 g/mol. The van der Waals surface area contributed by atoms with Crippen molar-refractivity contribution in [1.29, 1.82) is 0 Å². The predicted octanol–water partition coefficient (Wildman–Crippen LogP) is 4.68. The maximum Gasteiger partial charge on any atom is 0.346 e. The highest BCUT2D eigenvalue weighted by molar-refractivity contribution is 7.10. The molecule has 9 heteroatoms. The van der Waals surface area contributed by atoms with Gasteiger partial charge in [-0.1, -0.05) is 12.1 Å². The van der Waals surface area contributed by atoms with E-state index in [4.69, 9.17) is 23.7 Å². The standard InChI is InChI=1S/C24H26N2O6S/c1-28-18-8-7-16(20(12-18)29-2)13-25-23-21(24(27)30-3)22(26-33-23)31-14-15-5-4-6-19(11-15)32-17-9-10-17/h4-8,11-12,17,25H,9-10,13-14H2,1-3H3. The van der Waals surface area contributed by atoms with Crippen molar-refractivity contribution in [2.24, 2.45) is 0 Å². The molecule has 0 bridgehead atoms. The van der Waals surface area contributed by atoms with E-state index in [1.165, 1.54) is 7.11 Å². The summed E-state index contributed by atoms with van der Waals surface area (Å²) in [6.45, 7) is 0.667. The average Bonchev–Trinajstić information content (AvgIpc) is 3.57. The first-order valence-electron chi connectivity index (χ1n) is 10.5. The van der Waals surface area contributed by atoms with Gasteiger partial charge in [-0.2, -0.15) is 4.37 Å². The minimum Gasteiger partial charge on any atom is -0.497 e. The van der Waals surface area contributed by atoms with E-state index in [9.17, 15) is 4.79 Å². The molecule has 0 saturated heterocycles. The highest BCUT2D eigenvalue weighted by atomic mass is 32.1. The zero-order valence-electron chi connectivity index (χ0n) is 18.8. The maximum atomic E-state index is 12.5. The molecule has 1 aliphatic carbocycles. The summed E-state index contributed by atoms with van der Waals surface area (Å²) < 4.78 is 31.7. The third-order valence-corrected chi connectivity index (χ3v) is 5.87. The second-order valence-electron chi connectivity index (χ2n) is 7.47. The van der Waals surface area contributed by atoms with Crippen LogP contribution in [0.1, 0.15) is 34.3 Å². The van der Waals surface area contributed by atoms with Crippen molar-refractivity contribution in [3.8, 4) is 23.1 Å². The fraction of sp³-hybridized carbons (Fsp3) is 0.333. The van der Waals surface area contributed by atoms with Crippen LogP contribution in [0, 0.1) is 0 Å². The summed E-state index contributed by atoms with van der Waals surface area (Å²) in [5.41, 5.74) is 2.09. The van der Waals surface area contributed by atoms with E-state index in [1.807, 2.05) is 36.4 Å². The first kappa shape index (κ1) is 22.7. The van der Waals surface area contributed by atoms with Crippen LogP contribution in [0.15, 0.2) is 42.5 Å². The SMILES string of the molecule is COC(=O)c1c(OCc2cccc(OC3CC3)c2)nsc1NCc1ccc(OC)cc1OC. The Morgan fingerprint density at radius 1 is 1.09 bits per heavy atom. The lowest BCUT2D eigenvalue weighted by molar-refractivity contribution is 0.0596. The zero-order valence-corrected chi connectivity index (χ0v) is 19.6. The van der Waals surface area contributed by atoms with E-state index in [0.29, 0.717) is 29.1 Å². The molecule has 0 unspecified atom stereocenters. The molecule has 1 N–H and O–H groups in total. The molecule has 0 radical (unpaired) electrons. The largest absolute Gasteiger partial charge is 0.497 e. The maximum absolute atomic E-state index is 12.5. The van der Waals surface area contributed by atoms with Crippen LogP contribution in [0.4, 0.5) is 5.00 Å². The Bertz CT molecular complexity index is 1110. The number of nitrogens with zero attached hydrogens (tertiary/aromatic N) is 1. The van der Waals surface area contributed by atoms with Crippen molar-refractivity contribution in [3.63, 3.8) is 0 Å². The number of aromatic nitrogens is 1. The lowest BCUT2D eigenvalue weighted by atomic mass is 10.2. The quantitative estimate of drug-likeness (QED) is 0.404. The van der Waals surface area contributed by atoms with Crippen molar-refractivity contribution < 1.29 is 28.5 Å². The van der Waals surface area contributed by atoms with Crippen LogP contribution in [-0.2, 0) is 17.9 Å². The van der Waals surface area contributed by atoms with Gasteiger partial charge in [0.05, 0.1) is 27.4 Å². The first-order chi connectivity index (χ1) is 16.1. The molecular weight excluding hydrogens is 444 g/mol. The Balaban J connectivity index is 1.46. The van der Waals surface area contributed by atoms with Crippen LogP contribution in [0.25, 0.3) is 0 Å². The van der Waals surface area contributed by atoms with Crippen LogP contribution >= 0.6 is 11.5 Å². The van der Waals surface area contributed by atoms with Gasteiger partial charge in [-0.3, -0.25) is 0 Å². The Hall–Kier alpha value is -3.46. The van der Waals surface area contributed by atoms with Crippen molar-refractivity contribution >= 4 is 22.5 Å². The molecule has 1 fully saturated rings. The third kappa shape index (κ3) is 5.67. The van der Waals surface area contributed by atoms with Crippen molar-refractivity contribution in [1.82, 2.24) is 4.37 Å². The van der Waals surface area contributed by atoms with Crippen LogP contribution in [-0.4, -0.2) is 37.8 Å². The van der Waals surface area contributed by atoms with Crippen LogP contribution < -0.4 is 24.3 Å². The number of rotatable bonds is 11. The summed E-state index contributed by atoms with van der Waals surface area (Å²) >= 11 is 1.14. The summed E-state index contributed by atoms with van der Waals surface area (Å²) in [5.74, 6) is 1.90. The molecule has 1 saturated carbocycles. The summed E-state index contributed by atoms with van der Waals surface area (Å²) in [5, 5.41) is 3.80. The van der Waals surface area contributed by atoms with Gasteiger partial charge < -0.3 is 29.0 Å². The first-order valence-corrected chi connectivity index (χ1v) is 11.3. The number of carbonyl (C=O) groups is 1. The predicted molar refractivity (Wildman–Crippen MR) is 125 cm³/mol. The number of hydrogen-bond acceptors (Lipinski definition) is 9. The number of nitrogens with one attached hydrogen (secondary N) is 1. The smallest absolute Gasteiger partial charge is 0.346 e. The minimum absolute atomic E-state index is 0.226. The van der Waals surface area contributed by atoms with E-state index in [1.54, 1.807) is 20.3 Å². The Labute approximate surface area is 196 Å². The van der Waals surface area contributed by atoms with Gasteiger partial charge in [0, 0.05) is 18.2 Å². The number of methoxy groups -OCH3 is 3. The summed E-state index contributed by atoms with van der Waals surface area (Å²) in [6, 6.07) is 13.3. The van der Waals surface area contributed by atoms with Gasteiger partial charge in [0.2, 0.25) is 5.88 Å². The molecule has 3 aromatic rings. The highest BCUT2D eigenvalue weighted by Gasteiger charge is 2.25. The van der Waals surface area contributed by atoms with Gasteiger partial charge in [-0.05, 0) is 54.2 Å². The Morgan fingerprint density at radius 3 is 2.67 bits per heavy atom. The van der Waals surface area contributed by atoms with Gasteiger partial charge in [0.15, 0.2) is 5.56 Å². The molecule has 33 heavy (non-hydrogen) atoms. The number of ether oxygens (including phenoxy) is 5. The van der Waals surface area contributed by atoms with Gasteiger partial charge in [-0.25, -0.2) is 4.79 Å². The van der Waals surface area contributed by atoms with E-state index < -0.39 is 5.97 Å². The topological polar surface area (TPSA) is 88.1 Å². The summed E-state index contributed by atoms with van der Waals surface area (Å²) in [6.07, 6.45) is 2.52. The summed E-state index contributed by atoms with van der Waals surface area (Å²) in [4.78, 5) is 12.5. The zero-order chi connectivity index (χ0) is 23.2. The molecule has 0 amide bonds. The number of hydrogen-bond donors (Lipinski definition) is 1. The van der Waals surface area contributed by atoms with Crippen molar-refractivity contribution in [2.75, 3.05) is 26.6 Å². The second-order valence-corrected chi connectivity index (χ2v) is 8.24. The molecule has 0 aliphatic heterocycles. The molecule has 174 valence electrons. The van der Waals surface area contributed by atoms with Crippen molar-refractivity contribution in [2.45, 2.75) is 32.1 Å². The van der Waals surface area contributed by atoms with E-state index in [-0.39, 0.29) is 18.1 Å². The molecule has 4 rings (SSSR count). The van der Waals surface area contributed by atoms with Crippen LogP contribution in [0.5, 0.6) is 23.1 Å². The lowest BCUT2D eigenvalue weighted by Crippen LogP contribution is -2.09. The highest BCUT2D eigenvalue weighted by Crippen LogP contribution is 2.34. The fourth-order valence-corrected chi connectivity index (χ4v) is 3.91. The molecule has 1 aromatic heterocycles. The Kier molecular flexibility index (Phi) is 7.19. The summed E-state index contributed by atoms with van der Waals surface area (Å²) in [7, 11) is 4.53. The molecule has 2 aromatic carbocycles. The molecular formula is C24H26N2O6S. The minimum atomic E-state index is -0.520. The van der Waals surface area contributed by atoms with Gasteiger partial charge in [0.1, 0.15) is 28.9 Å². The number of esters is 1. The van der Waals surface area contributed by atoms with Gasteiger partial charge >= 0.3 is 5.97 Å². The van der Waals surface area contributed by atoms with Gasteiger partial charge in [0.25, 0.3) is 0 Å². The molecule has 1 aliphatic rings. The van der Waals surface area contributed by atoms with Crippen molar-refractivity contribution in [3.05, 3.63) is 59.2 Å². The normalized spacial score (nSPS) is 12.7. The molecule has 0 atom stereocenters. The van der Waals surface area contributed by atoms with E-state index >= 15 is 0 Å². The van der Waals surface area contributed by atoms with Crippen LogP contribution in [0.3, 0.4) is 0 Å². The molecule has 0 spiro atoms. The number of carbonyl (C=O) groups excluding carboxylic acids is 1. The second kappa shape index (κ2) is 10.4. The van der Waals surface area contributed by atoms with Gasteiger partial charge in [-0.15, -0.1) is 0 Å². The molecule has 1 heterocycles. The lowest BCUT2D eigenvalue weighted by Gasteiger charge is -2.12. The number of benzene rings is 2. The average molecular weight is 471 g/mol. The fourth-order valence-electron chi connectivity index (χ4n) is 3.19. The van der Waals surface area contributed by atoms with Crippen LogP contribution in [0.2, 0.25) is 0 Å². The Morgan fingerprint density at radius 2 is 1.94 bits per heavy atom.